The molecule has 0 radical (unpaired) electrons. The average Bonchev–Trinajstić information content (AvgIpc) is 3.21. The molecule has 0 spiro atoms. The molecule has 2 aromatic rings. The van der Waals surface area contributed by atoms with E-state index in [1.54, 1.807) is 24.2 Å². The van der Waals surface area contributed by atoms with Crippen molar-refractivity contribution in [2.75, 3.05) is 0 Å². The average molecular weight is 489 g/mol. The third-order valence-corrected chi connectivity index (χ3v) is 5.97. The molecule has 0 unspecified atom stereocenters. The van der Waals surface area contributed by atoms with Gasteiger partial charge >= 0.3 is 41.3 Å². The summed E-state index contributed by atoms with van der Waals surface area (Å²) in [6.45, 7) is 20.3. The molecule has 0 saturated carbocycles. The SMILES string of the molecule is CC1=CCC(c2[c-]c3c(cc2C(C)(C)C)-c2cc(C(C)(C)C)ccc2C3)=C1.C[C](C)=[Zr]. The molecular formula is C30H37Zr-. The van der Waals surface area contributed by atoms with Gasteiger partial charge in [0.25, 0.3) is 0 Å². The van der Waals surface area contributed by atoms with E-state index in [-0.39, 0.29) is 10.8 Å². The van der Waals surface area contributed by atoms with E-state index >= 15 is 0 Å². The number of allylic oxidation sites excluding steroid dienone is 4. The molecule has 31 heavy (non-hydrogen) atoms. The van der Waals surface area contributed by atoms with Gasteiger partial charge in [0.2, 0.25) is 0 Å². The first-order valence-electron chi connectivity index (χ1n) is 11.4. The van der Waals surface area contributed by atoms with E-state index in [9.17, 15) is 0 Å². The van der Waals surface area contributed by atoms with E-state index < -0.39 is 0 Å². The summed E-state index contributed by atoms with van der Waals surface area (Å²) in [7, 11) is 0. The third-order valence-electron chi connectivity index (χ3n) is 5.97. The van der Waals surface area contributed by atoms with Crippen molar-refractivity contribution in [1.82, 2.24) is 0 Å². The fraction of sp³-hybridized carbons (Fsp3) is 0.433. The van der Waals surface area contributed by atoms with Crippen molar-refractivity contribution in [3.05, 3.63) is 75.9 Å². The number of hydrogen-bond donors (Lipinski definition) is 0. The van der Waals surface area contributed by atoms with Gasteiger partial charge in [-0.25, -0.2) is 0 Å². The fourth-order valence-corrected chi connectivity index (χ4v) is 4.29. The van der Waals surface area contributed by atoms with Crippen LogP contribution in [0.25, 0.3) is 16.7 Å². The summed E-state index contributed by atoms with van der Waals surface area (Å²) < 4.78 is 1.51. The summed E-state index contributed by atoms with van der Waals surface area (Å²) >= 11 is 1.55. The predicted octanol–water partition coefficient (Wildman–Crippen LogP) is 8.13. The molecule has 0 nitrogen and oxygen atoms in total. The van der Waals surface area contributed by atoms with Gasteiger partial charge in [0.05, 0.1) is 0 Å². The van der Waals surface area contributed by atoms with Crippen molar-refractivity contribution < 1.29 is 24.2 Å². The van der Waals surface area contributed by atoms with E-state index in [0.717, 1.165) is 12.8 Å². The van der Waals surface area contributed by atoms with Crippen molar-refractivity contribution in [2.24, 2.45) is 0 Å². The monoisotopic (exact) mass is 487 g/mol. The molecule has 0 aromatic heterocycles. The molecule has 1 heteroatoms. The maximum atomic E-state index is 3.87. The Kier molecular flexibility index (Phi) is 6.98. The Morgan fingerprint density at radius 3 is 2.10 bits per heavy atom. The van der Waals surface area contributed by atoms with Crippen LogP contribution in [0.4, 0.5) is 0 Å². The van der Waals surface area contributed by atoms with Crippen LogP contribution in [0.15, 0.2) is 42.0 Å². The summed E-state index contributed by atoms with van der Waals surface area (Å²) in [5.74, 6) is 0. The second-order valence-electron chi connectivity index (χ2n) is 11.3. The topological polar surface area (TPSA) is 0 Å². The molecule has 0 saturated heterocycles. The van der Waals surface area contributed by atoms with Gasteiger partial charge in [-0.1, -0.05) is 88.6 Å². The number of fused-ring (bicyclic) bond motifs is 3. The number of rotatable bonds is 1. The van der Waals surface area contributed by atoms with Crippen LogP contribution in [0.3, 0.4) is 0 Å². The Bertz CT molecular complexity index is 1070. The van der Waals surface area contributed by atoms with E-state index in [2.05, 4.69) is 105 Å². The summed E-state index contributed by atoms with van der Waals surface area (Å²) in [6, 6.07) is 13.4. The van der Waals surface area contributed by atoms with Crippen molar-refractivity contribution in [3.8, 4) is 11.1 Å². The van der Waals surface area contributed by atoms with Gasteiger partial charge in [-0.05, 0) is 41.7 Å². The van der Waals surface area contributed by atoms with Crippen LogP contribution >= 0.6 is 0 Å². The van der Waals surface area contributed by atoms with Crippen molar-refractivity contribution in [1.29, 1.82) is 0 Å². The molecule has 0 N–H and O–H groups in total. The first-order valence-corrected chi connectivity index (χ1v) is 12.6. The van der Waals surface area contributed by atoms with E-state index in [1.807, 2.05) is 0 Å². The molecule has 0 atom stereocenters. The van der Waals surface area contributed by atoms with Crippen LogP contribution < -0.4 is 0 Å². The van der Waals surface area contributed by atoms with Gasteiger partial charge in [-0.15, -0.1) is 34.4 Å². The van der Waals surface area contributed by atoms with Crippen LogP contribution in [-0.2, 0) is 41.5 Å². The molecule has 0 bridgehead atoms. The molecule has 2 aromatic carbocycles. The molecule has 0 amide bonds. The van der Waals surface area contributed by atoms with Crippen LogP contribution in [0.1, 0.15) is 96.6 Å². The zero-order valence-corrected chi connectivity index (χ0v) is 23.3. The summed E-state index contributed by atoms with van der Waals surface area (Å²) in [5.41, 5.74) is 12.9. The van der Waals surface area contributed by atoms with E-state index in [4.69, 9.17) is 0 Å². The van der Waals surface area contributed by atoms with Gasteiger partial charge < -0.3 is 0 Å². The minimum absolute atomic E-state index is 0.0998. The summed E-state index contributed by atoms with van der Waals surface area (Å²) in [4.78, 5) is 0. The number of hydrogen-bond acceptors (Lipinski definition) is 0. The van der Waals surface area contributed by atoms with Crippen LogP contribution in [0, 0.1) is 6.07 Å². The first kappa shape index (κ1) is 24.3. The van der Waals surface area contributed by atoms with Crippen molar-refractivity contribution in [2.45, 2.75) is 86.0 Å². The molecule has 0 aliphatic heterocycles. The van der Waals surface area contributed by atoms with Gasteiger partial charge in [-0.3, -0.25) is 0 Å². The molecule has 0 heterocycles. The standard InChI is InChI=1S/C27H31.C3H6.Zr/c1-17-8-9-18(12-17)24-14-20-13-19-10-11-21(26(2,3)4)15-22(19)23(20)16-25(24)27(5,6)7;1-3-2;/h8,10-12,15-16H,9,13H2,1-7H3;1-2H3;/q-1;;. The molecule has 2 aliphatic rings. The molecule has 2 aliphatic carbocycles. The number of benzene rings is 2. The summed E-state index contributed by atoms with van der Waals surface area (Å²) in [5, 5.41) is 0. The zero-order valence-electron chi connectivity index (χ0n) is 20.9. The normalized spacial score (nSPS) is 14.8. The van der Waals surface area contributed by atoms with Gasteiger partial charge in [0.15, 0.2) is 0 Å². The Balaban J connectivity index is 0.000000628. The van der Waals surface area contributed by atoms with Crippen LogP contribution in [-0.4, -0.2) is 3.21 Å². The second kappa shape index (κ2) is 8.90. The van der Waals surface area contributed by atoms with Crippen LogP contribution in [0.5, 0.6) is 0 Å². The fourth-order valence-electron chi connectivity index (χ4n) is 4.29. The van der Waals surface area contributed by atoms with Gasteiger partial charge in [0.1, 0.15) is 0 Å². The Morgan fingerprint density at radius 1 is 0.935 bits per heavy atom. The van der Waals surface area contributed by atoms with Gasteiger partial charge in [0, 0.05) is 0 Å². The van der Waals surface area contributed by atoms with Crippen molar-refractivity contribution >= 4 is 8.78 Å². The Morgan fingerprint density at radius 2 is 1.58 bits per heavy atom. The molecule has 162 valence electrons. The van der Waals surface area contributed by atoms with Gasteiger partial charge in [-0.2, -0.15) is 0 Å². The maximum absolute atomic E-state index is 3.87. The van der Waals surface area contributed by atoms with Crippen molar-refractivity contribution in [3.63, 3.8) is 0 Å². The van der Waals surface area contributed by atoms with E-state index in [1.165, 1.54) is 53.3 Å². The summed E-state index contributed by atoms with van der Waals surface area (Å²) in [6.07, 6.45) is 6.71. The predicted molar refractivity (Wildman–Crippen MR) is 134 cm³/mol. The molecular weight excluding hydrogens is 452 g/mol. The molecule has 0 fully saturated rings. The first-order chi connectivity index (χ1) is 14.3. The Labute approximate surface area is 205 Å². The second-order valence-corrected chi connectivity index (χ2v) is 13.8. The van der Waals surface area contributed by atoms with Crippen LogP contribution in [0.2, 0.25) is 0 Å². The quantitative estimate of drug-likeness (QED) is 0.303. The van der Waals surface area contributed by atoms with E-state index in [0.29, 0.717) is 0 Å². The Hall–Kier alpha value is -1.33. The zero-order chi connectivity index (χ0) is 23.1. The third kappa shape index (κ3) is 5.54. The molecule has 4 rings (SSSR count). The minimum atomic E-state index is 0.0998.